The number of fused-ring (bicyclic) bond motifs is 1. The number of aliphatic hydroxyl groups is 1. The maximum Gasteiger partial charge on any atom is 0.133 e. The first-order valence-corrected chi connectivity index (χ1v) is 11.7. The molecule has 0 saturated carbocycles. The summed E-state index contributed by atoms with van der Waals surface area (Å²) < 4.78 is 2.04. The van der Waals surface area contributed by atoms with E-state index in [1.165, 1.54) is 11.1 Å². The van der Waals surface area contributed by atoms with E-state index in [9.17, 15) is 5.11 Å². The van der Waals surface area contributed by atoms with Crippen LogP contribution in [0.4, 0.5) is 5.69 Å². The van der Waals surface area contributed by atoms with Gasteiger partial charge in [-0.15, -0.1) is 11.8 Å². The zero-order valence-corrected chi connectivity index (χ0v) is 18.2. The number of aromatic nitrogens is 3. The van der Waals surface area contributed by atoms with Gasteiger partial charge in [-0.3, -0.25) is 9.88 Å². The lowest BCUT2D eigenvalue weighted by Gasteiger charge is -2.38. The normalized spacial score (nSPS) is 16.0. The molecule has 2 aromatic heterocycles. The molecule has 4 aromatic rings. The molecule has 31 heavy (non-hydrogen) atoms. The van der Waals surface area contributed by atoms with E-state index in [2.05, 4.69) is 51.4 Å². The predicted molar refractivity (Wildman–Crippen MR) is 126 cm³/mol. The zero-order valence-electron chi connectivity index (χ0n) is 17.4. The molecule has 6 nitrogen and oxygen atoms in total. The van der Waals surface area contributed by atoms with Crippen LogP contribution in [0.1, 0.15) is 11.8 Å². The Hall–Kier alpha value is -2.87. The topological polar surface area (TPSA) is 57.4 Å². The standard InChI is InChI=1S/C24H25N5OS/c1-31-23-21-8-7-20(17-22(21)29(26-23)19-5-3-2-4-6-19)27-13-15-28(16-14-27)24(30)18-9-11-25-12-10-18/h2-12,17,24,30H,13-16H2,1H3. The summed E-state index contributed by atoms with van der Waals surface area (Å²) in [4.78, 5) is 8.54. The smallest absolute Gasteiger partial charge is 0.133 e. The number of anilines is 1. The highest BCUT2D eigenvalue weighted by Crippen LogP contribution is 2.32. The number of nitrogens with zero attached hydrogens (tertiary/aromatic N) is 5. The predicted octanol–water partition coefficient (Wildman–Crippen LogP) is 3.96. The quantitative estimate of drug-likeness (QED) is 0.483. The Bertz CT molecular complexity index is 1160. The molecule has 0 radical (unpaired) electrons. The van der Waals surface area contributed by atoms with E-state index in [1.54, 1.807) is 24.2 Å². The monoisotopic (exact) mass is 431 g/mol. The number of pyridine rings is 1. The van der Waals surface area contributed by atoms with Crippen molar-refractivity contribution in [2.45, 2.75) is 11.3 Å². The van der Waals surface area contributed by atoms with Gasteiger partial charge in [-0.2, -0.15) is 5.10 Å². The van der Waals surface area contributed by atoms with Gasteiger partial charge in [0, 0.05) is 49.6 Å². The van der Waals surface area contributed by atoms with Gasteiger partial charge in [-0.1, -0.05) is 18.2 Å². The molecule has 2 aromatic carbocycles. The number of rotatable bonds is 5. The van der Waals surface area contributed by atoms with Crippen LogP contribution in [0, 0.1) is 0 Å². The molecule has 1 aliphatic heterocycles. The fraction of sp³-hybridized carbons (Fsp3) is 0.250. The molecule has 1 N–H and O–H groups in total. The molecular formula is C24H25N5OS. The number of aliphatic hydroxyl groups excluding tert-OH is 1. The Labute approximate surface area is 186 Å². The van der Waals surface area contributed by atoms with Gasteiger partial charge < -0.3 is 10.0 Å². The van der Waals surface area contributed by atoms with Crippen molar-refractivity contribution in [3.05, 3.63) is 78.6 Å². The fourth-order valence-corrected chi connectivity index (χ4v) is 4.72. The van der Waals surface area contributed by atoms with Crippen molar-refractivity contribution in [2.75, 3.05) is 37.3 Å². The third kappa shape index (κ3) is 3.92. The number of benzene rings is 2. The molecule has 3 heterocycles. The van der Waals surface area contributed by atoms with Crippen molar-refractivity contribution in [3.63, 3.8) is 0 Å². The van der Waals surface area contributed by atoms with Crippen molar-refractivity contribution in [1.82, 2.24) is 19.7 Å². The zero-order chi connectivity index (χ0) is 21.2. The molecule has 5 rings (SSSR count). The highest BCUT2D eigenvalue weighted by Gasteiger charge is 2.24. The Balaban J connectivity index is 1.39. The van der Waals surface area contributed by atoms with Crippen molar-refractivity contribution in [3.8, 4) is 5.69 Å². The summed E-state index contributed by atoms with van der Waals surface area (Å²) in [5.74, 6) is 0. The van der Waals surface area contributed by atoms with Crippen LogP contribution in [-0.4, -0.2) is 57.2 Å². The van der Waals surface area contributed by atoms with Crippen LogP contribution in [0.2, 0.25) is 0 Å². The van der Waals surface area contributed by atoms with Crippen LogP contribution >= 0.6 is 11.8 Å². The lowest BCUT2D eigenvalue weighted by Crippen LogP contribution is -2.47. The molecule has 0 spiro atoms. The van der Waals surface area contributed by atoms with Crippen LogP contribution in [0.5, 0.6) is 0 Å². The molecule has 7 heteroatoms. The number of thioether (sulfide) groups is 1. The van der Waals surface area contributed by atoms with Crippen molar-refractivity contribution in [2.24, 2.45) is 0 Å². The van der Waals surface area contributed by atoms with Gasteiger partial charge in [0.25, 0.3) is 0 Å². The highest BCUT2D eigenvalue weighted by atomic mass is 32.2. The van der Waals surface area contributed by atoms with Gasteiger partial charge in [0.1, 0.15) is 11.3 Å². The van der Waals surface area contributed by atoms with E-state index in [0.29, 0.717) is 0 Å². The molecule has 1 unspecified atom stereocenters. The van der Waals surface area contributed by atoms with Gasteiger partial charge in [0.05, 0.1) is 11.2 Å². The first-order valence-electron chi connectivity index (χ1n) is 10.4. The molecule has 1 atom stereocenters. The Morgan fingerprint density at radius 2 is 1.65 bits per heavy atom. The second-order valence-electron chi connectivity index (χ2n) is 7.64. The van der Waals surface area contributed by atoms with Gasteiger partial charge in [-0.25, -0.2) is 4.68 Å². The summed E-state index contributed by atoms with van der Waals surface area (Å²) in [7, 11) is 0. The molecule has 1 aliphatic rings. The van der Waals surface area contributed by atoms with E-state index in [4.69, 9.17) is 5.10 Å². The van der Waals surface area contributed by atoms with E-state index >= 15 is 0 Å². The lowest BCUT2D eigenvalue weighted by molar-refractivity contribution is -0.00166. The van der Waals surface area contributed by atoms with Crippen molar-refractivity contribution in [1.29, 1.82) is 0 Å². The Morgan fingerprint density at radius 1 is 0.903 bits per heavy atom. The molecule has 1 saturated heterocycles. The average molecular weight is 432 g/mol. The highest BCUT2D eigenvalue weighted by molar-refractivity contribution is 7.98. The lowest BCUT2D eigenvalue weighted by atomic mass is 10.1. The van der Waals surface area contributed by atoms with Crippen LogP contribution in [-0.2, 0) is 0 Å². The first kappa shape index (κ1) is 20.1. The van der Waals surface area contributed by atoms with Crippen LogP contribution in [0.3, 0.4) is 0 Å². The largest absolute Gasteiger partial charge is 0.374 e. The number of piperazine rings is 1. The minimum atomic E-state index is -0.587. The maximum atomic E-state index is 10.7. The summed E-state index contributed by atoms with van der Waals surface area (Å²) in [5.41, 5.74) is 4.26. The Morgan fingerprint density at radius 3 is 2.35 bits per heavy atom. The van der Waals surface area contributed by atoms with E-state index in [-0.39, 0.29) is 0 Å². The van der Waals surface area contributed by atoms with Gasteiger partial charge in [0.15, 0.2) is 0 Å². The Kier molecular flexibility index (Phi) is 5.63. The van der Waals surface area contributed by atoms with Crippen molar-refractivity contribution >= 4 is 28.4 Å². The molecule has 158 valence electrons. The summed E-state index contributed by atoms with van der Waals surface area (Å²) in [6.45, 7) is 3.33. The van der Waals surface area contributed by atoms with Crippen LogP contribution in [0.15, 0.2) is 78.1 Å². The van der Waals surface area contributed by atoms with E-state index in [1.807, 2.05) is 35.0 Å². The summed E-state index contributed by atoms with van der Waals surface area (Å²) in [6.07, 6.45) is 4.93. The first-order chi connectivity index (χ1) is 15.2. The van der Waals surface area contributed by atoms with E-state index < -0.39 is 6.23 Å². The molecule has 0 bridgehead atoms. The summed E-state index contributed by atoms with van der Waals surface area (Å²) in [5, 5.41) is 17.8. The van der Waals surface area contributed by atoms with Crippen LogP contribution in [0.25, 0.3) is 16.6 Å². The van der Waals surface area contributed by atoms with Crippen LogP contribution < -0.4 is 4.90 Å². The SMILES string of the molecule is CSc1nn(-c2ccccc2)c2cc(N3CCN(C(O)c4ccncc4)CC3)ccc12. The summed E-state index contributed by atoms with van der Waals surface area (Å²) in [6, 6.07) is 20.6. The third-order valence-electron chi connectivity index (χ3n) is 5.85. The number of hydrogen-bond donors (Lipinski definition) is 1. The molecule has 0 aliphatic carbocycles. The minimum Gasteiger partial charge on any atom is -0.374 e. The average Bonchev–Trinajstić information content (AvgIpc) is 3.23. The van der Waals surface area contributed by atoms with Gasteiger partial charge >= 0.3 is 0 Å². The van der Waals surface area contributed by atoms with Crippen molar-refractivity contribution < 1.29 is 5.11 Å². The van der Waals surface area contributed by atoms with E-state index in [0.717, 1.165) is 48.0 Å². The number of hydrogen-bond acceptors (Lipinski definition) is 6. The fourth-order valence-electron chi connectivity index (χ4n) is 4.16. The summed E-state index contributed by atoms with van der Waals surface area (Å²) >= 11 is 1.67. The second kappa shape index (κ2) is 8.70. The molecule has 0 amide bonds. The minimum absolute atomic E-state index is 0.587. The number of para-hydroxylation sites is 1. The maximum absolute atomic E-state index is 10.7. The van der Waals surface area contributed by atoms with Gasteiger partial charge in [0.2, 0.25) is 0 Å². The van der Waals surface area contributed by atoms with Gasteiger partial charge in [-0.05, 0) is 54.3 Å². The second-order valence-corrected chi connectivity index (χ2v) is 8.43. The molecular weight excluding hydrogens is 406 g/mol. The molecule has 1 fully saturated rings. The third-order valence-corrected chi connectivity index (χ3v) is 6.54.